The number of nitrogens with two attached hydrogens (primary N) is 1. The molecule has 1 aromatic rings. The van der Waals surface area contributed by atoms with E-state index >= 15 is 0 Å². The molecule has 0 atom stereocenters. The number of allylic oxidation sites excluding steroid dienone is 2. The topological polar surface area (TPSA) is 38.9 Å². The summed E-state index contributed by atoms with van der Waals surface area (Å²) in [6.45, 7) is 1.99. The van der Waals surface area contributed by atoms with Gasteiger partial charge >= 0.3 is 0 Å². The summed E-state index contributed by atoms with van der Waals surface area (Å²) in [5.41, 5.74) is 7.65. The van der Waals surface area contributed by atoms with Crippen molar-refractivity contribution >= 4 is 12.2 Å². The third-order valence-electron chi connectivity index (χ3n) is 2.11. The Morgan fingerprint density at radius 3 is 3.00 bits per heavy atom. The minimum absolute atomic E-state index is 0.814. The minimum Gasteiger partial charge on any atom is -0.402 e. The van der Waals surface area contributed by atoms with Crippen LogP contribution in [0.3, 0.4) is 0 Å². The maximum Gasteiger partial charge on any atom is 0.0702 e. The summed E-state index contributed by atoms with van der Waals surface area (Å²) in [6, 6.07) is 4.10. The zero-order valence-electron chi connectivity index (χ0n) is 7.62. The molecule has 2 heteroatoms. The molecule has 0 spiro atoms. The van der Waals surface area contributed by atoms with Crippen LogP contribution in [0.4, 0.5) is 0 Å². The number of nitrogens with zero attached hydrogens (tertiary/aromatic N) is 1. The molecule has 1 aliphatic carbocycles. The van der Waals surface area contributed by atoms with Crippen LogP contribution in [0.5, 0.6) is 0 Å². The van der Waals surface area contributed by atoms with E-state index in [0.29, 0.717) is 0 Å². The third-order valence-corrected chi connectivity index (χ3v) is 2.11. The number of aryl methyl sites for hydroxylation is 1. The molecular weight excluding hydrogens is 160 g/mol. The molecule has 0 saturated heterocycles. The lowest BCUT2D eigenvalue weighted by Crippen LogP contribution is -2.27. The monoisotopic (exact) mass is 172 g/mol. The van der Waals surface area contributed by atoms with Crippen molar-refractivity contribution < 1.29 is 0 Å². The molecule has 66 valence electrons. The van der Waals surface area contributed by atoms with Gasteiger partial charge in [0, 0.05) is 17.8 Å². The van der Waals surface area contributed by atoms with Crippen molar-refractivity contribution in [3.05, 3.63) is 40.2 Å². The van der Waals surface area contributed by atoms with E-state index in [1.807, 2.05) is 25.1 Å². The summed E-state index contributed by atoms with van der Waals surface area (Å²) in [5.74, 6) is 0. The Morgan fingerprint density at radius 2 is 2.15 bits per heavy atom. The first-order valence-corrected chi connectivity index (χ1v) is 4.36. The van der Waals surface area contributed by atoms with Crippen LogP contribution >= 0.6 is 0 Å². The van der Waals surface area contributed by atoms with Crippen LogP contribution < -0.4 is 16.3 Å². The zero-order chi connectivity index (χ0) is 9.26. The molecule has 1 heterocycles. The van der Waals surface area contributed by atoms with Crippen molar-refractivity contribution in [1.82, 2.24) is 4.98 Å². The van der Waals surface area contributed by atoms with E-state index < -0.39 is 0 Å². The van der Waals surface area contributed by atoms with Crippen LogP contribution in [0.25, 0.3) is 12.2 Å². The highest BCUT2D eigenvalue weighted by molar-refractivity contribution is 5.45. The van der Waals surface area contributed by atoms with E-state index in [4.69, 9.17) is 5.73 Å². The van der Waals surface area contributed by atoms with Gasteiger partial charge < -0.3 is 5.73 Å². The third kappa shape index (κ3) is 1.61. The van der Waals surface area contributed by atoms with E-state index in [-0.39, 0.29) is 0 Å². The van der Waals surface area contributed by atoms with Gasteiger partial charge in [-0.15, -0.1) is 0 Å². The van der Waals surface area contributed by atoms with E-state index in [9.17, 15) is 0 Å². The lowest BCUT2D eigenvalue weighted by Gasteiger charge is -1.91. The number of pyridine rings is 1. The SMILES string of the molecule is Cc1ccc2c(n1)=CC=C(N)CC=2. The molecule has 0 bridgehead atoms. The molecule has 2 nitrogen and oxygen atoms in total. The zero-order valence-corrected chi connectivity index (χ0v) is 7.62. The molecule has 13 heavy (non-hydrogen) atoms. The highest BCUT2D eigenvalue weighted by Gasteiger charge is 1.93. The summed E-state index contributed by atoms with van der Waals surface area (Å²) >= 11 is 0. The predicted molar refractivity (Wildman–Crippen MR) is 54.0 cm³/mol. The van der Waals surface area contributed by atoms with Crippen molar-refractivity contribution in [3.8, 4) is 0 Å². The molecule has 0 aliphatic heterocycles. The molecule has 0 saturated carbocycles. The second kappa shape index (κ2) is 3.05. The molecule has 0 amide bonds. The Labute approximate surface area is 77.1 Å². The first-order valence-electron chi connectivity index (χ1n) is 4.36. The molecule has 0 unspecified atom stereocenters. The van der Waals surface area contributed by atoms with Crippen LogP contribution in [0, 0.1) is 6.92 Å². The Bertz CT molecular complexity index is 469. The van der Waals surface area contributed by atoms with Gasteiger partial charge in [-0.3, -0.25) is 4.98 Å². The quantitative estimate of drug-likeness (QED) is 0.607. The van der Waals surface area contributed by atoms with Crippen molar-refractivity contribution in [1.29, 1.82) is 0 Å². The maximum atomic E-state index is 5.72. The molecule has 2 N–H and O–H groups in total. The van der Waals surface area contributed by atoms with Gasteiger partial charge in [-0.05, 0) is 30.4 Å². The summed E-state index contributed by atoms with van der Waals surface area (Å²) in [4.78, 5) is 4.42. The average molecular weight is 172 g/mol. The fraction of sp³-hybridized carbons (Fsp3) is 0.182. The first kappa shape index (κ1) is 8.05. The standard InChI is InChI=1S/C11H12N2/c1-8-2-3-9-4-5-10(12)6-7-11(9)13-8/h2-4,6-7H,5,12H2,1H3. The van der Waals surface area contributed by atoms with Crippen LogP contribution in [-0.2, 0) is 0 Å². The number of fused-ring (bicyclic) bond motifs is 1. The first-order chi connectivity index (χ1) is 6.25. The fourth-order valence-corrected chi connectivity index (χ4v) is 1.38. The Kier molecular flexibility index (Phi) is 1.89. The van der Waals surface area contributed by atoms with Crippen molar-refractivity contribution in [2.24, 2.45) is 5.73 Å². The second-order valence-corrected chi connectivity index (χ2v) is 3.24. The van der Waals surface area contributed by atoms with Crippen LogP contribution in [-0.4, -0.2) is 4.98 Å². The van der Waals surface area contributed by atoms with Crippen LogP contribution in [0.15, 0.2) is 23.9 Å². The molecule has 1 aliphatic rings. The molecule has 0 radical (unpaired) electrons. The van der Waals surface area contributed by atoms with Gasteiger partial charge in [0.25, 0.3) is 0 Å². The normalized spacial score (nSPS) is 14.7. The average Bonchev–Trinajstić information content (AvgIpc) is 2.29. The number of rotatable bonds is 0. The van der Waals surface area contributed by atoms with Gasteiger partial charge in [0.15, 0.2) is 0 Å². The number of hydrogen-bond donors (Lipinski definition) is 1. The van der Waals surface area contributed by atoms with Crippen molar-refractivity contribution in [3.63, 3.8) is 0 Å². The van der Waals surface area contributed by atoms with Gasteiger partial charge in [0.2, 0.25) is 0 Å². The lowest BCUT2D eigenvalue weighted by atomic mass is 10.2. The van der Waals surface area contributed by atoms with Crippen molar-refractivity contribution in [2.75, 3.05) is 0 Å². The molecule has 0 aromatic carbocycles. The smallest absolute Gasteiger partial charge is 0.0702 e. The molecule has 1 aromatic heterocycles. The minimum atomic E-state index is 0.814. The highest BCUT2D eigenvalue weighted by atomic mass is 14.7. The van der Waals surface area contributed by atoms with Crippen molar-refractivity contribution in [2.45, 2.75) is 13.3 Å². The molecular formula is C11H12N2. The second-order valence-electron chi connectivity index (χ2n) is 3.24. The summed E-state index contributed by atoms with van der Waals surface area (Å²) in [7, 11) is 0. The van der Waals surface area contributed by atoms with Gasteiger partial charge in [-0.1, -0.05) is 12.1 Å². The van der Waals surface area contributed by atoms with Gasteiger partial charge in [-0.2, -0.15) is 0 Å². The predicted octanol–water partition coefficient (Wildman–Crippen LogP) is 0.197. The van der Waals surface area contributed by atoms with E-state index in [1.165, 1.54) is 5.22 Å². The fourth-order valence-electron chi connectivity index (χ4n) is 1.38. The molecule has 0 fully saturated rings. The largest absolute Gasteiger partial charge is 0.402 e. The highest BCUT2D eigenvalue weighted by Crippen LogP contribution is 1.95. The summed E-state index contributed by atoms with van der Waals surface area (Å²) < 4.78 is 0. The van der Waals surface area contributed by atoms with Crippen LogP contribution in [0.1, 0.15) is 12.1 Å². The lowest BCUT2D eigenvalue weighted by molar-refractivity contribution is 1.13. The summed E-state index contributed by atoms with van der Waals surface area (Å²) in [5, 5.41) is 2.18. The number of aromatic nitrogens is 1. The van der Waals surface area contributed by atoms with Crippen LogP contribution in [0.2, 0.25) is 0 Å². The Morgan fingerprint density at radius 1 is 1.31 bits per heavy atom. The Hall–Kier alpha value is -1.57. The number of hydrogen-bond acceptors (Lipinski definition) is 2. The maximum absolute atomic E-state index is 5.72. The Balaban J connectivity index is 2.72. The van der Waals surface area contributed by atoms with Gasteiger partial charge in [0.1, 0.15) is 0 Å². The van der Waals surface area contributed by atoms with E-state index in [1.54, 1.807) is 0 Å². The molecule has 2 rings (SSSR count). The van der Waals surface area contributed by atoms with E-state index in [0.717, 1.165) is 23.2 Å². The van der Waals surface area contributed by atoms with Gasteiger partial charge in [-0.25, -0.2) is 0 Å². The van der Waals surface area contributed by atoms with Gasteiger partial charge in [0.05, 0.1) is 5.35 Å². The van der Waals surface area contributed by atoms with E-state index in [2.05, 4.69) is 17.1 Å². The summed E-state index contributed by atoms with van der Waals surface area (Å²) in [6.07, 6.45) is 6.82.